The number of aromatic amines is 1. The summed E-state index contributed by atoms with van der Waals surface area (Å²) < 4.78 is 6.41. The predicted molar refractivity (Wildman–Crippen MR) is 95.7 cm³/mol. The Labute approximate surface area is 136 Å². The van der Waals surface area contributed by atoms with Crippen molar-refractivity contribution in [2.24, 2.45) is 5.10 Å². The van der Waals surface area contributed by atoms with E-state index < -0.39 is 0 Å². The van der Waals surface area contributed by atoms with E-state index in [2.05, 4.69) is 20.5 Å². The van der Waals surface area contributed by atoms with Gasteiger partial charge in [0, 0.05) is 22.7 Å². The van der Waals surface area contributed by atoms with Crippen LogP contribution >= 0.6 is 11.3 Å². The van der Waals surface area contributed by atoms with Crippen molar-refractivity contribution in [3.05, 3.63) is 54.2 Å². The van der Waals surface area contributed by atoms with Crippen molar-refractivity contribution in [3.63, 3.8) is 0 Å². The van der Waals surface area contributed by atoms with E-state index >= 15 is 0 Å². The predicted octanol–water partition coefficient (Wildman–Crippen LogP) is 4.23. The topological polar surface area (TPSA) is 62.3 Å². The fourth-order valence-electron chi connectivity index (χ4n) is 2.43. The number of anilines is 1. The molecule has 0 amide bonds. The Morgan fingerprint density at radius 3 is 3.04 bits per heavy atom. The van der Waals surface area contributed by atoms with Gasteiger partial charge in [-0.15, -0.1) is 0 Å². The minimum atomic E-state index is 0.778. The third kappa shape index (κ3) is 2.64. The standard InChI is InChI=1S/C17H14N4OS/c1-22-12-6-7-14-13(8-12)11(9-18-14)10-19-21-17-20-15-4-2-3-5-16(15)23-17/h2-10,18H,1H3,(H,20,21)/b19-10+. The van der Waals surface area contributed by atoms with Crippen molar-refractivity contribution in [3.8, 4) is 5.75 Å². The van der Waals surface area contributed by atoms with Gasteiger partial charge in [-0.2, -0.15) is 5.10 Å². The van der Waals surface area contributed by atoms with Gasteiger partial charge in [0.25, 0.3) is 0 Å². The average molecular weight is 322 g/mol. The van der Waals surface area contributed by atoms with Crippen LogP contribution in [0.5, 0.6) is 5.75 Å². The Bertz CT molecular complexity index is 969. The third-order valence-corrected chi connectivity index (χ3v) is 4.52. The number of ether oxygens (including phenoxy) is 1. The zero-order valence-corrected chi connectivity index (χ0v) is 13.2. The van der Waals surface area contributed by atoms with E-state index in [1.54, 1.807) is 24.7 Å². The molecule has 0 bridgehead atoms. The zero-order chi connectivity index (χ0) is 15.6. The Kier molecular flexibility index (Phi) is 3.44. The lowest BCUT2D eigenvalue weighted by molar-refractivity contribution is 0.415. The van der Waals surface area contributed by atoms with Crippen molar-refractivity contribution < 1.29 is 4.74 Å². The second kappa shape index (κ2) is 5.73. The van der Waals surface area contributed by atoms with Gasteiger partial charge in [0.2, 0.25) is 5.13 Å². The molecule has 4 aromatic rings. The molecule has 2 aromatic carbocycles. The van der Waals surface area contributed by atoms with Gasteiger partial charge in [0.05, 0.1) is 23.5 Å². The summed E-state index contributed by atoms with van der Waals surface area (Å²) >= 11 is 1.58. The van der Waals surface area contributed by atoms with E-state index in [-0.39, 0.29) is 0 Å². The maximum absolute atomic E-state index is 5.27. The molecule has 23 heavy (non-hydrogen) atoms. The van der Waals surface area contributed by atoms with E-state index in [4.69, 9.17) is 4.74 Å². The summed E-state index contributed by atoms with van der Waals surface area (Å²) in [7, 11) is 1.66. The Hall–Kier alpha value is -2.86. The lowest BCUT2D eigenvalue weighted by atomic mass is 10.2. The molecule has 6 heteroatoms. The highest BCUT2D eigenvalue weighted by atomic mass is 32.1. The molecule has 114 valence electrons. The summed E-state index contributed by atoms with van der Waals surface area (Å²) in [5.41, 5.74) is 6.02. The minimum Gasteiger partial charge on any atom is -0.497 e. The molecular weight excluding hydrogens is 308 g/mol. The molecule has 0 fully saturated rings. The number of H-pyrrole nitrogens is 1. The summed E-state index contributed by atoms with van der Waals surface area (Å²) in [4.78, 5) is 7.71. The number of methoxy groups -OCH3 is 1. The number of nitrogens with one attached hydrogen (secondary N) is 2. The first-order chi connectivity index (χ1) is 11.3. The first kappa shape index (κ1) is 13.8. The number of hydrogen-bond donors (Lipinski definition) is 2. The molecule has 4 rings (SSSR count). The molecule has 2 heterocycles. The van der Waals surface area contributed by atoms with Crippen molar-refractivity contribution >= 4 is 43.8 Å². The van der Waals surface area contributed by atoms with Gasteiger partial charge in [0.15, 0.2) is 0 Å². The van der Waals surface area contributed by atoms with Gasteiger partial charge in [0.1, 0.15) is 5.75 Å². The fraction of sp³-hybridized carbons (Fsp3) is 0.0588. The maximum Gasteiger partial charge on any atom is 0.204 e. The van der Waals surface area contributed by atoms with Crippen LogP contribution in [0, 0.1) is 0 Å². The van der Waals surface area contributed by atoms with Crippen LogP contribution in [0.1, 0.15) is 5.56 Å². The molecule has 2 aromatic heterocycles. The van der Waals surface area contributed by atoms with Crippen LogP contribution in [0.3, 0.4) is 0 Å². The monoisotopic (exact) mass is 322 g/mol. The summed E-state index contributed by atoms with van der Waals surface area (Å²) in [5.74, 6) is 0.825. The van der Waals surface area contributed by atoms with Crippen LogP contribution in [0.2, 0.25) is 0 Å². The molecule has 0 saturated heterocycles. The van der Waals surface area contributed by atoms with Crippen molar-refractivity contribution in [1.29, 1.82) is 0 Å². The van der Waals surface area contributed by atoms with Gasteiger partial charge in [-0.25, -0.2) is 4.98 Å². The van der Waals surface area contributed by atoms with Crippen LogP contribution in [0.25, 0.3) is 21.1 Å². The Morgan fingerprint density at radius 2 is 2.17 bits per heavy atom. The molecule has 0 radical (unpaired) electrons. The number of nitrogens with zero attached hydrogens (tertiary/aromatic N) is 2. The molecule has 5 nitrogen and oxygen atoms in total. The quantitative estimate of drug-likeness (QED) is 0.436. The minimum absolute atomic E-state index is 0.778. The number of thiazole rings is 1. The molecule has 0 unspecified atom stereocenters. The lowest BCUT2D eigenvalue weighted by Crippen LogP contribution is -1.89. The largest absolute Gasteiger partial charge is 0.497 e. The zero-order valence-electron chi connectivity index (χ0n) is 12.4. The number of aromatic nitrogens is 2. The molecule has 0 aliphatic rings. The molecule has 0 aliphatic carbocycles. The Morgan fingerprint density at radius 1 is 1.26 bits per heavy atom. The highest BCUT2D eigenvalue weighted by Gasteiger charge is 2.04. The summed E-state index contributed by atoms with van der Waals surface area (Å²) in [6.45, 7) is 0. The Balaban J connectivity index is 1.58. The van der Waals surface area contributed by atoms with Gasteiger partial charge >= 0.3 is 0 Å². The normalized spacial score (nSPS) is 11.5. The highest BCUT2D eigenvalue weighted by Crippen LogP contribution is 2.25. The van der Waals surface area contributed by atoms with Gasteiger partial charge in [-0.1, -0.05) is 23.5 Å². The number of rotatable bonds is 4. The number of hydrogen-bond acceptors (Lipinski definition) is 5. The van der Waals surface area contributed by atoms with Crippen LogP contribution in [-0.4, -0.2) is 23.3 Å². The first-order valence-electron chi connectivity index (χ1n) is 7.13. The van der Waals surface area contributed by atoms with E-state index in [1.807, 2.05) is 48.7 Å². The smallest absolute Gasteiger partial charge is 0.204 e. The van der Waals surface area contributed by atoms with E-state index in [0.717, 1.165) is 37.6 Å². The number of benzene rings is 2. The highest BCUT2D eigenvalue weighted by molar-refractivity contribution is 7.22. The SMILES string of the molecule is COc1ccc2[nH]cc(/C=N/Nc3nc4ccccc4s3)c2c1. The summed E-state index contributed by atoms with van der Waals surface area (Å²) in [6.07, 6.45) is 3.71. The average Bonchev–Trinajstić information content (AvgIpc) is 3.18. The van der Waals surface area contributed by atoms with Crippen LogP contribution < -0.4 is 10.2 Å². The maximum atomic E-state index is 5.27. The van der Waals surface area contributed by atoms with E-state index in [9.17, 15) is 0 Å². The van der Waals surface area contributed by atoms with E-state index in [0.29, 0.717) is 0 Å². The van der Waals surface area contributed by atoms with Gasteiger partial charge in [-0.05, 0) is 30.3 Å². The number of fused-ring (bicyclic) bond motifs is 2. The molecule has 0 aliphatic heterocycles. The van der Waals surface area contributed by atoms with Crippen LogP contribution in [0.4, 0.5) is 5.13 Å². The van der Waals surface area contributed by atoms with Crippen molar-refractivity contribution in [2.45, 2.75) is 0 Å². The summed E-state index contributed by atoms with van der Waals surface area (Å²) in [6, 6.07) is 13.9. The number of hydrazone groups is 1. The van der Waals surface area contributed by atoms with Crippen LogP contribution in [0.15, 0.2) is 53.8 Å². The summed E-state index contributed by atoms with van der Waals surface area (Å²) in [5, 5.41) is 6.14. The first-order valence-corrected chi connectivity index (χ1v) is 7.95. The molecule has 2 N–H and O–H groups in total. The van der Waals surface area contributed by atoms with Crippen molar-refractivity contribution in [2.75, 3.05) is 12.5 Å². The van der Waals surface area contributed by atoms with E-state index in [1.165, 1.54) is 0 Å². The molecule has 0 spiro atoms. The molecular formula is C17H14N4OS. The fourth-order valence-corrected chi connectivity index (χ4v) is 3.25. The molecule has 0 saturated carbocycles. The lowest BCUT2D eigenvalue weighted by Gasteiger charge is -1.99. The second-order valence-corrected chi connectivity index (χ2v) is 6.04. The van der Waals surface area contributed by atoms with Crippen LogP contribution in [-0.2, 0) is 0 Å². The second-order valence-electron chi connectivity index (χ2n) is 5.01. The van der Waals surface area contributed by atoms with Gasteiger partial charge in [-0.3, -0.25) is 5.43 Å². The number of para-hydroxylation sites is 1. The molecule has 0 atom stereocenters. The van der Waals surface area contributed by atoms with Crippen molar-refractivity contribution in [1.82, 2.24) is 9.97 Å². The van der Waals surface area contributed by atoms with Gasteiger partial charge < -0.3 is 9.72 Å². The third-order valence-electron chi connectivity index (χ3n) is 3.58.